The number of nitrogens with one attached hydrogen (secondary N) is 2. The van der Waals surface area contributed by atoms with E-state index in [-0.39, 0.29) is 17.9 Å². The van der Waals surface area contributed by atoms with Crippen molar-refractivity contribution in [2.45, 2.75) is 13.0 Å². The first-order valence-electron chi connectivity index (χ1n) is 7.53. The SMILES string of the molecule is COc1cccc(CNC(=O)Cc2n[nH]c(=O)c3ccccc23)c1. The van der Waals surface area contributed by atoms with Gasteiger partial charge in [-0.2, -0.15) is 5.10 Å². The number of carbonyl (C=O) groups excluding carboxylic acids is 1. The molecular formula is C18H17N3O3. The Morgan fingerprint density at radius 2 is 1.96 bits per heavy atom. The van der Waals surface area contributed by atoms with Gasteiger partial charge in [0.1, 0.15) is 5.75 Å². The highest BCUT2D eigenvalue weighted by molar-refractivity contribution is 5.88. The number of H-pyrrole nitrogens is 1. The highest BCUT2D eigenvalue weighted by Gasteiger charge is 2.10. The zero-order valence-electron chi connectivity index (χ0n) is 13.2. The number of benzene rings is 2. The third kappa shape index (κ3) is 3.43. The molecule has 0 aliphatic heterocycles. The second-order valence-electron chi connectivity index (χ2n) is 5.35. The quantitative estimate of drug-likeness (QED) is 0.750. The third-order valence-corrected chi connectivity index (χ3v) is 3.73. The first kappa shape index (κ1) is 15.7. The fraction of sp³-hybridized carbons (Fsp3) is 0.167. The van der Waals surface area contributed by atoms with Crippen LogP contribution in [-0.4, -0.2) is 23.2 Å². The summed E-state index contributed by atoms with van der Waals surface area (Å²) in [5.41, 5.74) is 1.24. The maximum Gasteiger partial charge on any atom is 0.272 e. The van der Waals surface area contributed by atoms with Crippen LogP contribution < -0.4 is 15.6 Å². The number of ether oxygens (including phenoxy) is 1. The summed E-state index contributed by atoms with van der Waals surface area (Å²) in [5.74, 6) is 0.581. The highest BCUT2D eigenvalue weighted by atomic mass is 16.5. The molecule has 1 heterocycles. The minimum absolute atomic E-state index is 0.0985. The van der Waals surface area contributed by atoms with Crippen LogP contribution in [0.4, 0.5) is 0 Å². The van der Waals surface area contributed by atoms with Gasteiger partial charge in [-0.15, -0.1) is 0 Å². The van der Waals surface area contributed by atoms with Crippen LogP contribution in [0, 0.1) is 0 Å². The van der Waals surface area contributed by atoms with Crippen LogP contribution in [0.2, 0.25) is 0 Å². The van der Waals surface area contributed by atoms with Gasteiger partial charge in [0.2, 0.25) is 5.91 Å². The largest absolute Gasteiger partial charge is 0.497 e. The first-order chi connectivity index (χ1) is 11.7. The Bertz CT molecular complexity index is 934. The van der Waals surface area contributed by atoms with Crippen molar-refractivity contribution < 1.29 is 9.53 Å². The van der Waals surface area contributed by atoms with E-state index in [0.717, 1.165) is 11.3 Å². The standard InChI is InChI=1S/C18H17N3O3/c1-24-13-6-4-5-12(9-13)11-19-17(22)10-16-14-7-2-3-8-15(14)18(23)21-20-16/h2-9H,10-11H2,1H3,(H,19,22)(H,21,23). The van der Waals surface area contributed by atoms with Gasteiger partial charge in [0.25, 0.3) is 5.56 Å². The molecule has 1 amide bonds. The number of amides is 1. The van der Waals surface area contributed by atoms with Crippen molar-refractivity contribution in [1.82, 2.24) is 15.5 Å². The lowest BCUT2D eigenvalue weighted by Crippen LogP contribution is -2.25. The van der Waals surface area contributed by atoms with Crippen molar-refractivity contribution in [3.8, 4) is 5.75 Å². The van der Waals surface area contributed by atoms with Gasteiger partial charge in [-0.05, 0) is 23.8 Å². The van der Waals surface area contributed by atoms with Crippen LogP contribution >= 0.6 is 0 Å². The molecule has 0 spiro atoms. The summed E-state index contributed by atoms with van der Waals surface area (Å²) >= 11 is 0. The van der Waals surface area contributed by atoms with Gasteiger partial charge in [-0.25, -0.2) is 5.10 Å². The van der Waals surface area contributed by atoms with Crippen molar-refractivity contribution in [3.05, 3.63) is 70.1 Å². The van der Waals surface area contributed by atoms with Crippen molar-refractivity contribution in [3.63, 3.8) is 0 Å². The van der Waals surface area contributed by atoms with Crippen LogP contribution in [0.5, 0.6) is 5.75 Å². The topological polar surface area (TPSA) is 84.1 Å². The second kappa shape index (κ2) is 6.95. The average molecular weight is 323 g/mol. The number of nitrogens with zero attached hydrogens (tertiary/aromatic N) is 1. The summed E-state index contributed by atoms with van der Waals surface area (Å²) < 4.78 is 5.16. The van der Waals surface area contributed by atoms with Crippen molar-refractivity contribution in [2.24, 2.45) is 0 Å². The number of methoxy groups -OCH3 is 1. The van der Waals surface area contributed by atoms with E-state index in [1.165, 1.54) is 0 Å². The molecule has 0 atom stereocenters. The molecule has 6 heteroatoms. The number of aromatic amines is 1. The highest BCUT2D eigenvalue weighted by Crippen LogP contribution is 2.14. The Hall–Kier alpha value is -3.15. The lowest BCUT2D eigenvalue weighted by Gasteiger charge is -2.08. The lowest BCUT2D eigenvalue weighted by molar-refractivity contribution is -0.120. The van der Waals surface area contributed by atoms with Crippen LogP contribution in [-0.2, 0) is 17.8 Å². The predicted octanol–water partition coefficient (Wildman–Crippen LogP) is 1.79. The second-order valence-corrected chi connectivity index (χ2v) is 5.35. The third-order valence-electron chi connectivity index (χ3n) is 3.73. The maximum atomic E-state index is 12.2. The van der Waals surface area contributed by atoms with Crippen LogP contribution in [0.1, 0.15) is 11.3 Å². The van der Waals surface area contributed by atoms with E-state index >= 15 is 0 Å². The molecule has 0 radical (unpaired) electrons. The molecule has 0 unspecified atom stereocenters. The van der Waals surface area contributed by atoms with Crippen molar-refractivity contribution >= 4 is 16.7 Å². The number of aromatic nitrogens is 2. The van der Waals surface area contributed by atoms with E-state index in [9.17, 15) is 9.59 Å². The maximum absolute atomic E-state index is 12.2. The zero-order valence-corrected chi connectivity index (χ0v) is 13.2. The fourth-order valence-corrected chi connectivity index (χ4v) is 2.50. The van der Waals surface area contributed by atoms with Crippen molar-refractivity contribution in [2.75, 3.05) is 7.11 Å². The number of fused-ring (bicyclic) bond motifs is 1. The van der Waals surface area contributed by atoms with Gasteiger partial charge in [0.05, 0.1) is 24.6 Å². The molecule has 6 nitrogen and oxygen atoms in total. The van der Waals surface area contributed by atoms with Gasteiger partial charge < -0.3 is 10.1 Å². The Morgan fingerprint density at radius 3 is 2.75 bits per heavy atom. The van der Waals surface area contributed by atoms with Gasteiger partial charge in [0, 0.05) is 11.9 Å². The molecule has 24 heavy (non-hydrogen) atoms. The molecule has 2 aromatic carbocycles. The van der Waals surface area contributed by atoms with Gasteiger partial charge >= 0.3 is 0 Å². The molecule has 122 valence electrons. The normalized spacial score (nSPS) is 10.5. The number of hydrogen-bond acceptors (Lipinski definition) is 4. The fourth-order valence-electron chi connectivity index (χ4n) is 2.50. The molecule has 0 bridgehead atoms. The summed E-state index contributed by atoms with van der Waals surface area (Å²) in [5, 5.41) is 10.5. The molecule has 0 aliphatic carbocycles. The van der Waals surface area contributed by atoms with Crippen LogP contribution in [0.15, 0.2) is 53.3 Å². The summed E-state index contributed by atoms with van der Waals surface area (Å²) in [7, 11) is 1.60. The van der Waals surface area contributed by atoms with E-state index in [1.807, 2.05) is 30.3 Å². The number of hydrogen-bond donors (Lipinski definition) is 2. The molecule has 1 aromatic heterocycles. The van der Waals surface area contributed by atoms with E-state index < -0.39 is 0 Å². The smallest absolute Gasteiger partial charge is 0.272 e. The number of carbonyl (C=O) groups is 1. The molecule has 0 aliphatic rings. The first-order valence-corrected chi connectivity index (χ1v) is 7.53. The van der Waals surface area contributed by atoms with Crippen LogP contribution in [0.25, 0.3) is 10.8 Å². The Morgan fingerprint density at radius 1 is 1.17 bits per heavy atom. The lowest BCUT2D eigenvalue weighted by atomic mass is 10.1. The molecule has 0 fully saturated rings. The zero-order chi connectivity index (χ0) is 16.9. The van der Waals surface area contributed by atoms with Crippen LogP contribution in [0.3, 0.4) is 0 Å². The Balaban J connectivity index is 1.71. The van der Waals surface area contributed by atoms with E-state index in [4.69, 9.17) is 4.74 Å². The van der Waals surface area contributed by atoms with Gasteiger partial charge in [-0.3, -0.25) is 9.59 Å². The molecule has 0 saturated heterocycles. The summed E-state index contributed by atoms with van der Waals surface area (Å²) in [4.78, 5) is 24.0. The minimum atomic E-state index is -0.258. The molecule has 0 saturated carbocycles. The van der Waals surface area contributed by atoms with Gasteiger partial charge in [-0.1, -0.05) is 30.3 Å². The molecular weight excluding hydrogens is 306 g/mol. The Labute approximate surface area is 138 Å². The molecule has 2 N–H and O–H groups in total. The molecule has 3 aromatic rings. The summed E-state index contributed by atoms with van der Waals surface area (Å²) in [6, 6.07) is 14.6. The van der Waals surface area contributed by atoms with E-state index in [0.29, 0.717) is 23.0 Å². The molecule has 3 rings (SSSR count). The monoisotopic (exact) mass is 323 g/mol. The average Bonchev–Trinajstić information content (AvgIpc) is 2.63. The Kier molecular flexibility index (Phi) is 4.56. The number of rotatable bonds is 5. The van der Waals surface area contributed by atoms with E-state index in [1.54, 1.807) is 25.3 Å². The predicted molar refractivity (Wildman–Crippen MR) is 90.9 cm³/mol. The summed E-state index contributed by atoms with van der Waals surface area (Å²) in [6.07, 6.45) is 0.0985. The summed E-state index contributed by atoms with van der Waals surface area (Å²) in [6.45, 7) is 0.400. The minimum Gasteiger partial charge on any atom is -0.497 e. The van der Waals surface area contributed by atoms with Gasteiger partial charge in [0.15, 0.2) is 0 Å². The van der Waals surface area contributed by atoms with Crippen molar-refractivity contribution in [1.29, 1.82) is 0 Å². The van der Waals surface area contributed by atoms with E-state index in [2.05, 4.69) is 15.5 Å².